The van der Waals surface area contributed by atoms with E-state index in [9.17, 15) is 17.6 Å². The second-order valence-corrected chi connectivity index (χ2v) is 3.31. The van der Waals surface area contributed by atoms with E-state index in [1.54, 1.807) is 0 Å². The van der Waals surface area contributed by atoms with Gasteiger partial charge in [0.1, 0.15) is 5.82 Å². The molecule has 0 saturated carbocycles. The van der Waals surface area contributed by atoms with Crippen molar-refractivity contribution in [3.05, 3.63) is 41.7 Å². The lowest BCUT2D eigenvalue weighted by molar-refractivity contribution is -0.140. The maximum Gasteiger partial charge on any atom is 0.419 e. The van der Waals surface area contributed by atoms with Crippen molar-refractivity contribution in [2.24, 2.45) is 5.73 Å². The number of alkyl halides is 3. The fourth-order valence-corrected chi connectivity index (χ4v) is 1.33. The Balaban J connectivity index is 3.19. The summed E-state index contributed by atoms with van der Waals surface area (Å²) in [5, 5.41) is 0. The molecule has 0 heterocycles. The van der Waals surface area contributed by atoms with E-state index >= 15 is 0 Å². The lowest BCUT2D eigenvalue weighted by Gasteiger charge is -2.12. The Bertz CT molecular complexity index is 395. The molecule has 0 atom stereocenters. The maximum atomic E-state index is 13.5. The highest BCUT2D eigenvalue weighted by Crippen LogP contribution is 2.34. The molecule has 16 heavy (non-hydrogen) atoms. The molecule has 0 aliphatic heterocycles. The van der Waals surface area contributed by atoms with Gasteiger partial charge in [0.25, 0.3) is 0 Å². The second kappa shape index (κ2) is 4.65. The molecule has 0 amide bonds. The molecule has 1 aromatic rings. The third-order valence-electron chi connectivity index (χ3n) is 2.13. The van der Waals surface area contributed by atoms with Crippen molar-refractivity contribution >= 4 is 5.57 Å². The van der Waals surface area contributed by atoms with Crippen LogP contribution in [-0.2, 0) is 6.18 Å². The third kappa shape index (κ3) is 2.61. The zero-order chi connectivity index (χ0) is 12.3. The first kappa shape index (κ1) is 12.7. The van der Waals surface area contributed by atoms with Crippen LogP contribution < -0.4 is 5.73 Å². The normalized spacial score (nSPS) is 11.6. The minimum Gasteiger partial charge on any atom is -0.330 e. The van der Waals surface area contributed by atoms with Gasteiger partial charge in [0.05, 0.1) is 5.56 Å². The number of benzene rings is 1. The van der Waals surface area contributed by atoms with E-state index in [4.69, 9.17) is 5.73 Å². The third-order valence-corrected chi connectivity index (χ3v) is 2.13. The van der Waals surface area contributed by atoms with Crippen molar-refractivity contribution in [1.29, 1.82) is 0 Å². The summed E-state index contributed by atoms with van der Waals surface area (Å²) in [5.41, 5.74) is 4.11. The second-order valence-electron chi connectivity index (χ2n) is 3.31. The predicted molar refractivity (Wildman–Crippen MR) is 54.1 cm³/mol. The fourth-order valence-electron chi connectivity index (χ4n) is 1.33. The van der Waals surface area contributed by atoms with Crippen LogP contribution in [0.25, 0.3) is 5.57 Å². The van der Waals surface area contributed by atoms with Gasteiger partial charge in [-0.1, -0.05) is 18.7 Å². The van der Waals surface area contributed by atoms with Crippen LogP contribution in [0.15, 0.2) is 24.8 Å². The van der Waals surface area contributed by atoms with Crippen LogP contribution in [0.5, 0.6) is 0 Å². The van der Waals surface area contributed by atoms with Crippen LogP contribution in [0, 0.1) is 5.82 Å². The van der Waals surface area contributed by atoms with E-state index in [1.807, 2.05) is 0 Å². The molecule has 2 N–H and O–H groups in total. The summed E-state index contributed by atoms with van der Waals surface area (Å²) in [6.07, 6.45) is -4.43. The SMILES string of the molecule is C=C(CCN)c1cccc(C(F)(F)F)c1F. The molecule has 0 aliphatic rings. The summed E-state index contributed by atoms with van der Waals surface area (Å²) < 4.78 is 50.7. The summed E-state index contributed by atoms with van der Waals surface area (Å²) in [4.78, 5) is 0. The Labute approximate surface area is 90.6 Å². The molecular weight excluding hydrogens is 222 g/mol. The van der Waals surface area contributed by atoms with Crippen LogP contribution >= 0.6 is 0 Å². The summed E-state index contributed by atoms with van der Waals surface area (Å²) in [7, 11) is 0. The summed E-state index contributed by atoms with van der Waals surface area (Å²) in [6.45, 7) is 3.73. The monoisotopic (exact) mass is 233 g/mol. The van der Waals surface area contributed by atoms with Crippen LogP contribution in [0.2, 0.25) is 0 Å². The fraction of sp³-hybridized carbons (Fsp3) is 0.273. The van der Waals surface area contributed by atoms with E-state index in [1.165, 1.54) is 6.07 Å². The van der Waals surface area contributed by atoms with E-state index in [0.717, 1.165) is 6.07 Å². The molecule has 5 heteroatoms. The number of halogens is 4. The highest BCUT2D eigenvalue weighted by atomic mass is 19.4. The molecule has 0 saturated heterocycles. The predicted octanol–water partition coefficient (Wildman–Crippen LogP) is 3.21. The van der Waals surface area contributed by atoms with Gasteiger partial charge in [-0.15, -0.1) is 0 Å². The molecule has 0 radical (unpaired) electrons. The van der Waals surface area contributed by atoms with Gasteiger partial charge in [-0.3, -0.25) is 0 Å². The van der Waals surface area contributed by atoms with E-state index in [2.05, 4.69) is 6.58 Å². The first-order valence-electron chi connectivity index (χ1n) is 4.62. The number of nitrogens with two attached hydrogens (primary N) is 1. The zero-order valence-corrected chi connectivity index (χ0v) is 8.44. The number of rotatable bonds is 3. The molecule has 0 aliphatic carbocycles. The van der Waals surface area contributed by atoms with Crippen molar-refractivity contribution in [2.45, 2.75) is 12.6 Å². The molecule has 0 bridgehead atoms. The molecule has 1 rings (SSSR count). The van der Waals surface area contributed by atoms with Gasteiger partial charge in [-0.2, -0.15) is 13.2 Å². The summed E-state index contributed by atoms with van der Waals surface area (Å²) in [5.74, 6) is -1.28. The Hall–Kier alpha value is -1.36. The molecule has 0 unspecified atom stereocenters. The molecule has 1 aromatic carbocycles. The van der Waals surface area contributed by atoms with Gasteiger partial charge in [0.2, 0.25) is 0 Å². The van der Waals surface area contributed by atoms with Crippen molar-refractivity contribution < 1.29 is 17.6 Å². The highest BCUT2D eigenvalue weighted by molar-refractivity contribution is 5.64. The minimum absolute atomic E-state index is 0.125. The Kier molecular flexibility index (Phi) is 3.70. The zero-order valence-electron chi connectivity index (χ0n) is 8.44. The van der Waals surface area contributed by atoms with E-state index in [-0.39, 0.29) is 24.1 Å². The van der Waals surface area contributed by atoms with Gasteiger partial charge in [-0.25, -0.2) is 4.39 Å². The molecule has 0 spiro atoms. The van der Waals surface area contributed by atoms with Crippen LogP contribution in [0.1, 0.15) is 17.5 Å². The van der Waals surface area contributed by atoms with Crippen molar-refractivity contribution in [1.82, 2.24) is 0 Å². The van der Waals surface area contributed by atoms with E-state index in [0.29, 0.717) is 6.07 Å². The average molecular weight is 233 g/mol. The quantitative estimate of drug-likeness (QED) is 0.797. The van der Waals surface area contributed by atoms with Crippen molar-refractivity contribution in [3.63, 3.8) is 0 Å². The van der Waals surface area contributed by atoms with Crippen molar-refractivity contribution in [2.75, 3.05) is 6.54 Å². The first-order chi connectivity index (χ1) is 7.38. The van der Waals surface area contributed by atoms with Gasteiger partial charge in [0.15, 0.2) is 0 Å². The minimum atomic E-state index is -4.69. The molecule has 0 aromatic heterocycles. The van der Waals surface area contributed by atoms with Crippen molar-refractivity contribution in [3.8, 4) is 0 Å². The van der Waals surface area contributed by atoms with Gasteiger partial charge in [0, 0.05) is 5.56 Å². The lowest BCUT2D eigenvalue weighted by Crippen LogP contribution is -2.10. The van der Waals surface area contributed by atoms with Crippen LogP contribution in [-0.4, -0.2) is 6.54 Å². The standard InChI is InChI=1S/C11H11F4N/c1-7(5-6-16)8-3-2-4-9(10(8)12)11(13,14)15/h2-4H,1,5-6,16H2. The van der Waals surface area contributed by atoms with Gasteiger partial charge >= 0.3 is 6.18 Å². The van der Waals surface area contributed by atoms with E-state index < -0.39 is 17.6 Å². The summed E-state index contributed by atoms with van der Waals surface area (Å²) in [6, 6.07) is 3.13. The van der Waals surface area contributed by atoms with Crippen LogP contribution in [0.3, 0.4) is 0 Å². The Morgan fingerprint density at radius 3 is 2.44 bits per heavy atom. The topological polar surface area (TPSA) is 26.0 Å². The number of hydrogen-bond acceptors (Lipinski definition) is 1. The molecule has 88 valence electrons. The average Bonchev–Trinajstić information content (AvgIpc) is 2.16. The van der Waals surface area contributed by atoms with Crippen LogP contribution in [0.4, 0.5) is 17.6 Å². The lowest BCUT2D eigenvalue weighted by atomic mass is 10.0. The highest BCUT2D eigenvalue weighted by Gasteiger charge is 2.34. The largest absolute Gasteiger partial charge is 0.419 e. The van der Waals surface area contributed by atoms with Gasteiger partial charge in [-0.05, 0) is 24.6 Å². The first-order valence-corrected chi connectivity index (χ1v) is 4.62. The molecule has 0 fully saturated rings. The maximum absolute atomic E-state index is 13.5. The summed E-state index contributed by atoms with van der Waals surface area (Å²) >= 11 is 0. The molecule has 1 nitrogen and oxygen atoms in total. The Morgan fingerprint density at radius 2 is 1.94 bits per heavy atom. The Morgan fingerprint density at radius 1 is 1.31 bits per heavy atom. The number of hydrogen-bond donors (Lipinski definition) is 1. The smallest absolute Gasteiger partial charge is 0.330 e. The van der Waals surface area contributed by atoms with Gasteiger partial charge < -0.3 is 5.73 Å². The molecular formula is C11H11F4N.